The van der Waals surface area contributed by atoms with Gasteiger partial charge in [-0.15, -0.1) is 0 Å². The Labute approximate surface area is 97.9 Å². The first-order valence-corrected chi connectivity index (χ1v) is 5.10. The molecule has 0 bridgehead atoms. The number of carbonyl (C=O) groups excluding carboxylic acids is 1. The van der Waals surface area contributed by atoms with Crippen LogP contribution in [0.4, 0.5) is 5.69 Å². The van der Waals surface area contributed by atoms with E-state index >= 15 is 0 Å². The van der Waals surface area contributed by atoms with Crippen molar-refractivity contribution < 1.29 is 9.90 Å². The number of hydrogen-bond acceptors (Lipinski definition) is 4. The van der Waals surface area contributed by atoms with Gasteiger partial charge in [0.05, 0.1) is 24.8 Å². The summed E-state index contributed by atoms with van der Waals surface area (Å²) in [5, 5.41) is 11.9. The van der Waals surface area contributed by atoms with E-state index in [0.717, 1.165) is 0 Å². The van der Waals surface area contributed by atoms with Crippen molar-refractivity contribution in [2.75, 3.05) is 11.9 Å². The fourth-order valence-corrected chi connectivity index (χ4v) is 1.43. The number of aromatic nitrogens is 3. The fraction of sp³-hybridized carbons (Fsp3) is 0.182. The predicted octanol–water partition coefficient (Wildman–Crippen LogP) is 0.450. The Kier molecular flexibility index (Phi) is 3.46. The molecule has 0 fully saturated rings. The molecule has 1 amide bonds. The summed E-state index contributed by atoms with van der Waals surface area (Å²) in [6, 6.07) is 2.77. The van der Waals surface area contributed by atoms with E-state index in [9.17, 15) is 9.90 Å². The lowest BCUT2D eigenvalue weighted by Gasteiger charge is -2.15. The van der Waals surface area contributed by atoms with Crippen LogP contribution >= 0.6 is 0 Å². The molecule has 0 aliphatic rings. The van der Waals surface area contributed by atoms with E-state index in [1.807, 2.05) is 0 Å². The Morgan fingerprint density at radius 3 is 2.94 bits per heavy atom. The number of pyridine rings is 1. The molecule has 0 aliphatic heterocycles. The Morgan fingerprint density at radius 2 is 2.35 bits per heavy atom. The lowest BCUT2D eigenvalue weighted by atomic mass is 10.2. The van der Waals surface area contributed by atoms with Crippen molar-refractivity contribution in [3.8, 4) is 0 Å². The van der Waals surface area contributed by atoms with Gasteiger partial charge in [-0.2, -0.15) is 0 Å². The van der Waals surface area contributed by atoms with Crippen molar-refractivity contribution in [1.29, 1.82) is 0 Å². The predicted molar refractivity (Wildman–Crippen MR) is 61.2 cm³/mol. The van der Waals surface area contributed by atoms with Crippen molar-refractivity contribution in [1.82, 2.24) is 14.5 Å². The quantitative estimate of drug-likeness (QED) is 0.802. The Balaban J connectivity index is 2.09. The Bertz CT molecular complexity index is 469. The Morgan fingerprint density at radius 1 is 1.47 bits per heavy atom. The highest BCUT2D eigenvalue weighted by Gasteiger charge is 2.18. The molecule has 2 heterocycles. The standard InChI is InChI=1S/C11H12N4O2/c16-7-10(15-5-4-13-8-15)11(17)14-9-2-1-3-12-6-9/h1-6,8,10,16H,7H2,(H,14,17). The molecule has 0 spiro atoms. The fourth-order valence-electron chi connectivity index (χ4n) is 1.43. The molecule has 0 aromatic carbocycles. The summed E-state index contributed by atoms with van der Waals surface area (Å²) < 4.78 is 1.55. The molecule has 0 radical (unpaired) electrons. The molecule has 6 heteroatoms. The van der Waals surface area contributed by atoms with Gasteiger partial charge < -0.3 is 15.0 Å². The van der Waals surface area contributed by atoms with Gasteiger partial charge in [-0.05, 0) is 12.1 Å². The van der Waals surface area contributed by atoms with Crippen LogP contribution in [0.15, 0.2) is 43.2 Å². The molecule has 17 heavy (non-hydrogen) atoms. The van der Waals surface area contributed by atoms with E-state index in [0.29, 0.717) is 5.69 Å². The average molecular weight is 232 g/mol. The first kappa shape index (κ1) is 11.3. The Hall–Kier alpha value is -2.21. The molecule has 1 unspecified atom stereocenters. The van der Waals surface area contributed by atoms with E-state index in [1.54, 1.807) is 41.5 Å². The molecule has 0 saturated heterocycles. The summed E-state index contributed by atoms with van der Waals surface area (Å²) >= 11 is 0. The van der Waals surface area contributed by atoms with Crippen molar-refractivity contribution in [3.63, 3.8) is 0 Å². The third kappa shape index (κ3) is 2.67. The summed E-state index contributed by atoms with van der Waals surface area (Å²) in [6.07, 6.45) is 7.84. The number of rotatable bonds is 4. The molecule has 2 aromatic heterocycles. The van der Waals surface area contributed by atoms with Crippen LogP contribution in [-0.4, -0.2) is 32.2 Å². The van der Waals surface area contributed by atoms with Gasteiger partial charge in [0.15, 0.2) is 0 Å². The minimum absolute atomic E-state index is 0.289. The topological polar surface area (TPSA) is 80.0 Å². The number of amides is 1. The van der Waals surface area contributed by atoms with E-state index in [-0.39, 0.29) is 12.5 Å². The van der Waals surface area contributed by atoms with Crippen LogP contribution < -0.4 is 5.32 Å². The van der Waals surface area contributed by atoms with Gasteiger partial charge >= 0.3 is 0 Å². The number of nitrogens with one attached hydrogen (secondary N) is 1. The van der Waals surface area contributed by atoms with E-state index in [2.05, 4.69) is 15.3 Å². The van der Waals surface area contributed by atoms with Gasteiger partial charge in [-0.3, -0.25) is 9.78 Å². The van der Waals surface area contributed by atoms with Crippen LogP contribution in [0.3, 0.4) is 0 Å². The van der Waals surface area contributed by atoms with Crippen molar-refractivity contribution in [2.24, 2.45) is 0 Å². The third-order valence-corrected chi connectivity index (χ3v) is 2.29. The van der Waals surface area contributed by atoms with E-state index in [4.69, 9.17) is 0 Å². The second kappa shape index (κ2) is 5.22. The summed E-state index contributed by atoms with van der Waals surface area (Å²) in [4.78, 5) is 19.6. The molecular formula is C11H12N4O2. The van der Waals surface area contributed by atoms with Crippen LogP contribution in [-0.2, 0) is 4.79 Å². The second-order valence-electron chi connectivity index (χ2n) is 3.44. The van der Waals surface area contributed by atoms with Crippen LogP contribution in [0.5, 0.6) is 0 Å². The number of hydrogen-bond donors (Lipinski definition) is 2. The van der Waals surface area contributed by atoms with Gasteiger partial charge in [-0.1, -0.05) is 0 Å². The third-order valence-electron chi connectivity index (χ3n) is 2.29. The molecular weight excluding hydrogens is 220 g/mol. The molecule has 2 aromatic rings. The zero-order chi connectivity index (χ0) is 12.1. The van der Waals surface area contributed by atoms with Crippen LogP contribution in [0.25, 0.3) is 0 Å². The maximum absolute atomic E-state index is 11.9. The molecule has 2 N–H and O–H groups in total. The van der Waals surface area contributed by atoms with Crippen molar-refractivity contribution in [3.05, 3.63) is 43.2 Å². The van der Waals surface area contributed by atoms with Gasteiger partial charge in [0.25, 0.3) is 0 Å². The second-order valence-corrected chi connectivity index (χ2v) is 3.44. The first-order valence-electron chi connectivity index (χ1n) is 5.10. The molecule has 88 valence electrons. The number of anilines is 1. The number of imidazole rings is 1. The molecule has 0 saturated carbocycles. The van der Waals surface area contributed by atoms with E-state index < -0.39 is 6.04 Å². The van der Waals surface area contributed by atoms with Crippen molar-refractivity contribution in [2.45, 2.75) is 6.04 Å². The van der Waals surface area contributed by atoms with Crippen LogP contribution in [0, 0.1) is 0 Å². The maximum atomic E-state index is 11.9. The maximum Gasteiger partial charge on any atom is 0.249 e. The monoisotopic (exact) mass is 232 g/mol. The van der Waals surface area contributed by atoms with Crippen molar-refractivity contribution >= 4 is 11.6 Å². The first-order chi connectivity index (χ1) is 8.31. The SMILES string of the molecule is O=C(Nc1cccnc1)C(CO)n1ccnc1. The summed E-state index contributed by atoms with van der Waals surface area (Å²) in [6.45, 7) is -0.289. The highest BCUT2D eigenvalue weighted by atomic mass is 16.3. The largest absolute Gasteiger partial charge is 0.394 e. The molecule has 2 rings (SSSR count). The minimum Gasteiger partial charge on any atom is -0.394 e. The zero-order valence-corrected chi connectivity index (χ0v) is 9.02. The molecule has 1 atom stereocenters. The number of nitrogens with zero attached hydrogens (tertiary/aromatic N) is 3. The number of carbonyl (C=O) groups is 1. The minimum atomic E-state index is -0.683. The highest BCUT2D eigenvalue weighted by molar-refractivity contribution is 5.93. The number of aliphatic hydroxyl groups excluding tert-OH is 1. The van der Waals surface area contributed by atoms with Crippen LogP contribution in [0.2, 0.25) is 0 Å². The molecule has 6 nitrogen and oxygen atoms in total. The highest BCUT2D eigenvalue weighted by Crippen LogP contribution is 2.10. The average Bonchev–Trinajstić information content (AvgIpc) is 2.85. The zero-order valence-electron chi connectivity index (χ0n) is 9.02. The number of aliphatic hydroxyl groups is 1. The normalized spacial score (nSPS) is 12.1. The van der Waals surface area contributed by atoms with Gasteiger partial charge in [0, 0.05) is 18.6 Å². The lowest BCUT2D eigenvalue weighted by molar-refractivity contribution is -0.120. The summed E-state index contributed by atoms with van der Waals surface area (Å²) in [5.74, 6) is -0.307. The van der Waals surface area contributed by atoms with Gasteiger partial charge in [0.1, 0.15) is 6.04 Å². The smallest absolute Gasteiger partial charge is 0.249 e. The summed E-state index contributed by atoms with van der Waals surface area (Å²) in [5.41, 5.74) is 0.594. The van der Waals surface area contributed by atoms with Crippen LogP contribution in [0.1, 0.15) is 6.04 Å². The molecule has 0 aliphatic carbocycles. The van der Waals surface area contributed by atoms with E-state index in [1.165, 1.54) is 6.33 Å². The van der Waals surface area contributed by atoms with Gasteiger partial charge in [-0.25, -0.2) is 4.98 Å². The van der Waals surface area contributed by atoms with Gasteiger partial charge in [0.2, 0.25) is 5.91 Å². The summed E-state index contributed by atoms with van der Waals surface area (Å²) in [7, 11) is 0. The lowest BCUT2D eigenvalue weighted by Crippen LogP contribution is -2.28.